The number of pyridine rings is 1. The monoisotopic (exact) mass is 311 g/mol. The second kappa shape index (κ2) is 4.60. The first kappa shape index (κ1) is 12.6. The highest BCUT2D eigenvalue weighted by Crippen LogP contribution is 2.34. The van der Waals surface area contributed by atoms with E-state index in [2.05, 4.69) is 4.98 Å². The van der Waals surface area contributed by atoms with Crippen molar-refractivity contribution in [3.8, 4) is 11.3 Å². The third kappa shape index (κ3) is 2.04. The molecule has 2 aromatic heterocycles. The molecule has 2 heterocycles. The van der Waals surface area contributed by atoms with Gasteiger partial charge in [-0.25, -0.2) is 4.98 Å². The van der Waals surface area contributed by atoms with Gasteiger partial charge in [0, 0.05) is 11.8 Å². The van der Waals surface area contributed by atoms with E-state index >= 15 is 0 Å². The first-order valence-corrected chi connectivity index (χ1v) is 6.59. The van der Waals surface area contributed by atoms with Crippen LogP contribution in [0.3, 0.4) is 0 Å². The molecule has 0 saturated carbocycles. The van der Waals surface area contributed by atoms with Gasteiger partial charge in [-0.15, -0.1) is 0 Å². The Morgan fingerprint density at radius 1 is 1.05 bits per heavy atom. The maximum Gasteiger partial charge on any atom is 0.158 e. The third-order valence-electron chi connectivity index (χ3n) is 2.81. The van der Waals surface area contributed by atoms with Crippen LogP contribution in [0.2, 0.25) is 15.1 Å². The molecule has 3 nitrogen and oxygen atoms in total. The minimum Gasteiger partial charge on any atom is -0.383 e. The normalized spacial score (nSPS) is 11.1. The van der Waals surface area contributed by atoms with E-state index in [4.69, 9.17) is 40.5 Å². The predicted octanol–water partition coefficient (Wildman–Crippen LogP) is 4.54. The zero-order valence-electron chi connectivity index (χ0n) is 9.57. The Morgan fingerprint density at radius 2 is 1.79 bits per heavy atom. The van der Waals surface area contributed by atoms with Crippen LogP contribution in [-0.2, 0) is 0 Å². The lowest BCUT2D eigenvalue weighted by molar-refractivity contribution is 1.20. The van der Waals surface area contributed by atoms with Gasteiger partial charge in [-0.1, -0.05) is 53.0 Å². The predicted molar refractivity (Wildman–Crippen MR) is 80.1 cm³/mol. The number of fused-ring (bicyclic) bond motifs is 1. The topological polar surface area (TPSA) is 43.3 Å². The first-order chi connectivity index (χ1) is 9.08. The van der Waals surface area contributed by atoms with E-state index in [1.165, 1.54) is 0 Å². The number of halogens is 3. The average Bonchev–Trinajstić information content (AvgIpc) is 2.68. The lowest BCUT2D eigenvalue weighted by atomic mass is 10.1. The zero-order valence-corrected chi connectivity index (χ0v) is 11.8. The highest BCUT2D eigenvalue weighted by atomic mass is 35.5. The standard InChI is InChI=1S/C13H8Cl3N3/c14-7-5-10(16)13-18-11(12(17)19(13)6-7)8-3-1-2-4-9(8)15/h1-6H,17H2. The summed E-state index contributed by atoms with van der Waals surface area (Å²) in [6.45, 7) is 0. The molecule has 3 aromatic rings. The highest BCUT2D eigenvalue weighted by Gasteiger charge is 2.15. The summed E-state index contributed by atoms with van der Waals surface area (Å²) in [5.41, 5.74) is 8.01. The van der Waals surface area contributed by atoms with Crippen molar-refractivity contribution in [2.24, 2.45) is 0 Å². The van der Waals surface area contributed by atoms with Crippen LogP contribution in [0.25, 0.3) is 16.9 Å². The smallest absolute Gasteiger partial charge is 0.158 e. The molecule has 19 heavy (non-hydrogen) atoms. The van der Waals surface area contributed by atoms with Crippen LogP contribution in [0.5, 0.6) is 0 Å². The number of imidazole rings is 1. The summed E-state index contributed by atoms with van der Waals surface area (Å²) in [4.78, 5) is 4.45. The molecule has 6 heteroatoms. The molecule has 3 rings (SSSR count). The van der Waals surface area contributed by atoms with E-state index in [0.29, 0.717) is 32.2 Å². The van der Waals surface area contributed by atoms with Crippen molar-refractivity contribution < 1.29 is 0 Å². The third-order valence-corrected chi connectivity index (χ3v) is 3.62. The van der Waals surface area contributed by atoms with Crippen LogP contribution in [0.4, 0.5) is 5.82 Å². The van der Waals surface area contributed by atoms with Gasteiger partial charge in [-0.05, 0) is 12.1 Å². The zero-order chi connectivity index (χ0) is 13.6. The van der Waals surface area contributed by atoms with Crippen LogP contribution >= 0.6 is 34.8 Å². The molecule has 0 amide bonds. The highest BCUT2D eigenvalue weighted by molar-refractivity contribution is 6.36. The van der Waals surface area contributed by atoms with Crippen molar-refractivity contribution in [2.75, 3.05) is 5.73 Å². The SMILES string of the molecule is Nc1c(-c2ccccc2Cl)nc2c(Cl)cc(Cl)cn12. The lowest BCUT2D eigenvalue weighted by Crippen LogP contribution is -1.94. The van der Waals surface area contributed by atoms with Crippen molar-refractivity contribution in [1.82, 2.24) is 9.38 Å². The number of anilines is 1. The van der Waals surface area contributed by atoms with Crippen molar-refractivity contribution in [1.29, 1.82) is 0 Å². The summed E-state index contributed by atoms with van der Waals surface area (Å²) in [5, 5.41) is 1.52. The number of nitrogen functional groups attached to an aromatic ring is 1. The number of hydrogen-bond donors (Lipinski definition) is 1. The Hall–Kier alpha value is -1.42. The number of aromatic nitrogens is 2. The van der Waals surface area contributed by atoms with Crippen LogP contribution in [0.1, 0.15) is 0 Å². The molecular formula is C13H8Cl3N3. The van der Waals surface area contributed by atoms with E-state index in [1.54, 1.807) is 22.7 Å². The molecule has 0 aliphatic heterocycles. The van der Waals surface area contributed by atoms with Crippen molar-refractivity contribution >= 4 is 46.3 Å². The summed E-state index contributed by atoms with van der Waals surface area (Å²) in [5.74, 6) is 0.451. The van der Waals surface area contributed by atoms with Gasteiger partial charge >= 0.3 is 0 Å². The number of nitrogens with zero attached hydrogens (tertiary/aromatic N) is 2. The number of nitrogens with two attached hydrogens (primary N) is 1. The fraction of sp³-hybridized carbons (Fsp3) is 0. The lowest BCUT2D eigenvalue weighted by Gasteiger charge is -2.02. The molecule has 0 atom stereocenters. The van der Waals surface area contributed by atoms with Crippen LogP contribution in [-0.4, -0.2) is 9.38 Å². The van der Waals surface area contributed by atoms with Crippen molar-refractivity contribution in [2.45, 2.75) is 0 Å². The molecule has 0 saturated heterocycles. The molecule has 96 valence electrons. The maximum atomic E-state index is 6.17. The summed E-state index contributed by atoms with van der Waals surface area (Å²) < 4.78 is 1.66. The molecule has 0 spiro atoms. The molecule has 0 unspecified atom stereocenters. The second-order valence-corrected chi connectivity index (χ2v) is 5.28. The van der Waals surface area contributed by atoms with Crippen LogP contribution in [0, 0.1) is 0 Å². The molecule has 0 aliphatic carbocycles. The Balaban J connectivity index is 2.35. The molecule has 0 aliphatic rings. The largest absolute Gasteiger partial charge is 0.383 e. The Bertz CT molecular complexity index is 780. The van der Waals surface area contributed by atoms with Crippen molar-refractivity contribution in [3.63, 3.8) is 0 Å². The Labute approximate surface area is 124 Å². The molecular weight excluding hydrogens is 305 g/mol. The molecule has 0 radical (unpaired) electrons. The van der Waals surface area contributed by atoms with Gasteiger partial charge in [0.25, 0.3) is 0 Å². The molecule has 1 aromatic carbocycles. The van der Waals surface area contributed by atoms with Gasteiger partial charge in [-0.2, -0.15) is 0 Å². The fourth-order valence-electron chi connectivity index (χ4n) is 1.94. The van der Waals surface area contributed by atoms with Crippen LogP contribution < -0.4 is 5.73 Å². The number of hydrogen-bond acceptors (Lipinski definition) is 2. The van der Waals surface area contributed by atoms with E-state index in [0.717, 1.165) is 5.56 Å². The second-order valence-electron chi connectivity index (χ2n) is 4.03. The summed E-state index contributed by atoms with van der Waals surface area (Å²) >= 11 is 18.3. The van der Waals surface area contributed by atoms with Gasteiger partial charge in [0.1, 0.15) is 11.5 Å². The quantitative estimate of drug-likeness (QED) is 0.716. The van der Waals surface area contributed by atoms with E-state index in [-0.39, 0.29) is 0 Å². The van der Waals surface area contributed by atoms with E-state index < -0.39 is 0 Å². The van der Waals surface area contributed by atoms with Gasteiger partial charge in [0.15, 0.2) is 5.65 Å². The van der Waals surface area contributed by atoms with Crippen molar-refractivity contribution in [3.05, 3.63) is 51.6 Å². The maximum absolute atomic E-state index is 6.17. The number of benzene rings is 1. The minimum atomic E-state index is 0.442. The molecule has 2 N–H and O–H groups in total. The van der Waals surface area contributed by atoms with E-state index in [9.17, 15) is 0 Å². The number of rotatable bonds is 1. The molecule has 0 bridgehead atoms. The minimum absolute atomic E-state index is 0.442. The van der Waals surface area contributed by atoms with Gasteiger partial charge in [0.2, 0.25) is 0 Å². The van der Waals surface area contributed by atoms with Gasteiger partial charge in [0.05, 0.1) is 15.1 Å². The molecule has 0 fully saturated rings. The Kier molecular flexibility index (Phi) is 3.05. The fourth-order valence-corrected chi connectivity index (χ4v) is 2.68. The van der Waals surface area contributed by atoms with E-state index in [1.807, 2.05) is 18.2 Å². The average molecular weight is 313 g/mol. The summed E-state index contributed by atoms with van der Waals surface area (Å²) in [7, 11) is 0. The first-order valence-electron chi connectivity index (χ1n) is 5.45. The van der Waals surface area contributed by atoms with Gasteiger partial charge < -0.3 is 5.73 Å². The summed E-state index contributed by atoms with van der Waals surface area (Å²) in [6, 6.07) is 8.99. The van der Waals surface area contributed by atoms with Crippen LogP contribution in [0.15, 0.2) is 36.5 Å². The Morgan fingerprint density at radius 3 is 2.53 bits per heavy atom. The van der Waals surface area contributed by atoms with Gasteiger partial charge in [-0.3, -0.25) is 4.40 Å². The summed E-state index contributed by atoms with van der Waals surface area (Å²) in [6.07, 6.45) is 1.67.